The summed E-state index contributed by atoms with van der Waals surface area (Å²) in [6.45, 7) is 3.62. The number of benzene rings is 1. The molecule has 1 fully saturated rings. The van der Waals surface area contributed by atoms with Crippen LogP contribution in [0.3, 0.4) is 0 Å². The minimum Gasteiger partial charge on any atom is -0.454 e. The maximum Gasteiger partial charge on any atom is 0.329 e. The lowest BCUT2D eigenvalue weighted by molar-refractivity contribution is -0.151. The Bertz CT molecular complexity index is 1270. The number of carbonyl (C=O) groups excluding carboxylic acids is 4. The van der Waals surface area contributed by atoms with Gasteiger partial charge >= 0.3 is 5.97 Å². The third-order valence-electron chi connectivity index (χ3n) is 5.69. The van der Waals surface area contributed by atoms with Crippen LogP contribution in [0.2, 0.25) is 0 Å². The van der Waals surface area contributed by atoms with Crippen molar-refractivity contribution in [2.24, 2.45) is 13.0 Å². The molecule has 1 unspecified atom stereocenters. The highest BCUT2D eigenvalue weighted by atomic mass is 32.2. The predicted octanol–water partition coefficient (Wildman–Crippen LogP) is 0.300. The number of nitrogens with one attached hydrogen (secondary N) is 2. The van der Waals surface area contributed by atoms with Gasteiger partial charge in [-0.05, 0) is 36.2 Å². The third kappa shape index (κ3) is 7.02. The number of imide groups is 1. The summed E-state index contributed by atoms with van der Waals surface area (Å²) in [5.41, 5.74) is 0.295. The molecule has 12 nitrogen and oxygen atoms in total. The number of hydrogen-bond acceptors (Lipinski definition) is 8. The van der Waals surface area contributed by atoms with Crippen molar-refractivity contribution in [2.45, 2.75) is 24.8 Å². The van der Waals surface area contributed by atoms with Gasteiger partial charge in [-0.2, -0.15) is 4.31 Å². The first-order valence-electron chi connectivity index (χ1n) is 11.6. The zero-order chi connectivity index (χ0) is 27.2. The molecule has 1 aromatic heterocycles. The van der Waals surface area contributed by atoms with E-state index >= 15 is 0 Å². The number of ether oxygens (including phenoxy) is 2. The van der Waals surface area contributed by atoms with Gasteiger partial charge in [-0.15, -0.1) is 0 Å². The highest BCUT2D eigenvalue weighted by Gasteiger charge is 2.29. The fourth-order valence-corrected chi connectivity index (χ4v) is 5.06. The van der Waals surface area contributed by atoms with Crippen LogP contribution in [0, 0.1) is 5.92 Å². The maximum absolute atomic E-state index is 12.9. The first kappa shape index (κ1) is 28.0. The molecule has 2 heterocycles. The summed E-state index contributed by atoms with van der Waals surface area (Å²) in [6.07, 6.45) is 1.64. The number of aromatic nitrogens is 1. The Morgan fingerprint density at radius 1 is 1.05 bits per heavy atom. The number of morpholine rings is 1. The van der Waals surface area contributed by atoms with Crippen molar-refractivity contribution in [3.8, 4) is 0 Å². The number of nitrogens with zero attached hydrogens (tertiary/aromatic N) is 2. The average molecular weight is 535 g/mol. The van der Waals surface area contributed by atoms with Crippen LogP contribution in [0.4, 0.5) is 0 Å². The van der Waals surface area contributed by atoms with Crippen LogP contribution in [0.15, 0.2) is 47.5 Å². The molecule has 13 heteroatoms. The average Bonchev–Trinajstić information content (AvgIpc) is 3.32. The Kier molecular flexibility index (Phi) is 9.18. The van der Waals surface area contributed by atoms with Gasteiger partial charge in [0.2, 0.25) is 10.0 Å². The molecule has 0 saturated carbocycles. The summed E-state index contributed by atoms with van der Waals surface area (Å²) in [6, 6.07) is 7.56. The largest absolute Gasteiger partial charge is 0.454 e. The van der Waals surface area contributed by atoms with E-state index in [-0.39, 0.29) is 42.5 Å². The van der Waals surface area contributed by atoms with E-state index < -0.39 is 52.3 Å². The number of amides is 3. The molecular formula is C24H30N4O8S. The smallest absolute Gasteiger partial charge is 0.329 e. The van der Waals surface area contributed by atoms with Crippen molar-refractivity contribution in [3.63, 3.8) is 0 Å². The van der Waals surface area contributed by atoms with E-state index in [4.69, 9.17) is 9.47 Å². The topological polar surface area (TPSA) is 153 Å². The van der Waals surface area contributed by atoms with E-state index in [1.54, 1.807) is 33.2 Å². The highest BCUT2D eigenvalue weighted by molar-refractivity contribution is 7.89. The van der Waals surface area contributed by atoms with Crippen molar-refractivity contribution >= 4 is 33.7 Å². The molecule has 3 amide bonds. The minimum atomic E-state index is -3.82. The molecule has 0 radical (unpaired) electrons. The number of carbonyl (C=O) groups is 4. The van der Waals surface area contributed by atoms with Gasteiger partial charge in [0.25, 0.3) is 17.7 Å². The SMILES string of the molecule is CC(C)C(NC(=O)c1cccc(S(=O)(=O)N2CCOCC2)c1)C(=O)OCC(=O)NC(=O)c1cccn1C. The van der Waals surface area contributed by atoms with E-state index in [2.05, 4.69) is 10.6 Å². The summed E-state index contributed by atoms with van der Waals surface area (Å²) >= 11 is 0. The van der Waals surface area contributed by atoms with Gasteiger partial charge in [-0.3, -0.25) is 19.7 Å². The van der Waals surface area contributed by atoms with Crippen LogP contribution in [0.5, 0.6) is 0 Å². The number of sulfonamides is 1. The number of esters is 1. The molecule has 1 saturated heterocycles. The monoisotopic (exact) mass is 534 g/mol. The molecular weight excluding hydrogens is 504 g/mol. The summed E-state index contributed by atoms with van der Waals surface area (Å²) in [5, 5.41) is 4.67. The summed E-state index contributed by atoms with van der Waals surface area (Å²) in [7, 11) is -2.18. The van der Waals surface area contributed by atoms with Crippen LogP contribution in [0.1, 0.15) is 34.7 Å². The molecule has 200 valence electrons. The molecule has 1 aliphatic rings. The lowest BCUT2D eigenvalue weighted by atomic mass is 10.0. The lowest BCUT2D eigenvalue weighted by Gasteiger charge is -2.26. The van der Waals surface area contributed by atoms with Gasteiger partial charge in [0.1, 0.15) is 11.7 Å². The van der Waals surface area contributed by atoms with Crippen LogP contribution < -0.4 is 10.6 Å². The van der Waals surface area contributed by atoms with Gasteiger partial charge < -0.3 is 19.4 Å². The maximum atomic E-state index is 12.9. The molecule has 0 aliphatic carbocycles. The highest BCUT2D eigenvalue weighted by Crippen LogP contribution is 2.19. The van der Waals surface area contributed by atoms with Gasteiger partial charge in [-0.25, -0.2) is 13.2 Å². The Labute approximate surface area is 215 Å². The van der Waals surface area contributed by atoms with Crippen LogP contribution in [-0.2, 0) is 36.1 Å². The molecule has 0 spiro atoms. The Balaban J connectivity index is 1.62. The van der Waals surface area contributed by atoms with Crippen LogP contribution in [0.25, 0.3) is 0 Å². The van der Waals surface area contributed by atoms with Crippen molar-refractivity contribution in [2.75, 3.05) is 32.9 Å². The second-order valence-corrected chi connectivity index (χ2v) is 10.7. The standard InChI is InChI=1S/C24H30N4O8S/c1-16(2)21(24(32)36-15-20(29)25-23(31)19-8-5-9-27(19)3)26-22(30)17-6-4-7-18(14-17)37(33,34)28-10-12-35-13-11-28/h4-9,14,16,21H,10-13,15H2,1-3H3,(H,26,30)(H,25,29,31). The zero-order valence-electron chi connectivity index (χ0n) is 20.8. The first-order valence-corrected chi connectivity index (χ1v) is 13.1. The van der Waals surface area contributed by atoms with E-state index in [0.717, 1.165) is 0 Å². The number of rotatable bonds is 9. The minimum absolute atomic E-state index is 0.0405. The van der Waals surface area contributed by atoms with Crippen LogP contribution >= 0.6 is 0 Å². The Hall–Kier alpha value is -3.55. The van der Waals surface area contributed by atoms with Crippen molar-refractivity contribution in [1.29, 1.82) is 0 Å². The number of aryl methyl sites for hydroxylation is 1. The molecule has 37 heavy (non-hydrogen) atoms. The van der Waals surface area contributed by atoms with Gasteiger partial charge in [-0.1, -0.05) is 19.9 Å². The van der Waals surface area contributed by atoms with E-state index in [1.165, 1.54) is 39.2 Å². The zero-order valence-corrected chi connectivity index (χ0v) is 21.6. The number of hydrogen-bond donors (Lipinski definition) is 2. The summed E-state index contributed by atoms with van der Waals surface area (Å²) in [4.78, 5) is 49.7. The second-order valence-electron chi connectivity index (χ2n) is 8.73. The Morgan fingerprint density at radius 3 is 2.38 bits per heavy atom. The van der Waals surface area contributed by atoms with E-state index in [1.807, 2.05) is 0 Å². The Morgan fingerprint density at radius 2 is 1.76 bits per heavy atom. The molecule has 3 rings (SSSR count). The molecule has 1 atom stereocenters. The van der Waals surface area contributed by atoms with Crippen molar-refractivity contribution in [1.82, 2.24) is 19.5 Å². The normalized spacial score (nSPS) is 15.1. The van der Waals surface area contributed by atoms with Crippen molar-refractivity contribution < 1.29 is 37.1 Å². The molecule has 2 aromatic rings. The summed E-state index contributed by atoms with van der Waals surface area (Å²) < 4.78 is 38.9. The van der Waals surface area contributed by atoms with Gasteiger partial charge in [0.05, 0.1) is 18.1 Å². The van der Waals surface area contributed by atoms with Gasteiger partial charge in [0.15, 0.2) is 6.61 Å². The lowest BCUT2D eigenvalue weighted by Crippen LogP contribution is -2.46. The molecule has 2 N–H and O–H groups in total. The molecule has 1 aromatic carbocycles. The van der Waals surface area contributed by atoms with E-state index in [9.17, 15) is 27.6 Å². The van der Waals surface area contributed by atoms with Crippen molar-refractivity contribution in [3.05, 3.63) is 53.9 Å². The predicted molar refractivity (Wildman–Crippen MR) is 131 cm³/mol. The van der Waals surface area contributed by atoms with Crippen LogP contribution in [-0.4, -0.2) is 79.9 Å². The molecule has 1 aliphatic heterocycles. The molecule has 0 bridgehead atoms. The second kappa shape index (κ2) is 12.1. The van der Waals surface area contributed by atoms with Gasteiger partial charge in [0, 0.05) is 31.9 Å². The quantitative estimate of drug-likeness (QED) is 0.436. The first-order chi connectivity index (χ1) is 17.5. The van der Waals surface area contributed by atoms with E-state index in [0.29, 0.717) is 0 Å². The summed E-state index contributed by atoms with van der Waals surface area (Å²) in [5.74, 6) is -3.44. The fourth-order valence-electron chi connectivity index (χ4n) is 3.61. The third-order valence-corrected chi connectivity index (χ3v) is 7.58. The fraction of sp³-hybridized carbons (Fsp3) is 0.417.